The van der Waals surface area contributed by atoms with E-state index < -0.39 is 0 Å². The molecule has 1 rings (SSSR count). The largest absolute Gasteiger partial charge is 0.396 e. The predicted octanol–water partition coefficient (Wildman–Crippen LogP) is 1.72. The smallest absolute Gasteiger partial charge is 0.0431 e. The van der Waals surface area contributed by atoms with Crippen molar-refractivity contribution in [3.8, 4) is 0 Å². The fourth-order valence-electron chi connectivity index (χ4n) is 2.44. The maximum absolute atomic E-state index is 8.75. The van der Waals surface area contributed by atoms with Crippen molar-refractivity contribution in [1.82, 2.24) is 10.2 Å². The minimum Gasteiger partial charge on any atom is -0.396 e. The molecule has 0 spiro atoms. The molecule has 3 heteroatoms. The molecule has 0 aromatic rings. The first-order valence-corrected chi connectivity index (χ1v) is 7.26. The van der Waals surface area contributed by atoms with Gasteiger partial charge in [0.25, 0.3) is 0 Å². The van der Waals surface area contributed by atoms with Crippen LogP contribution in [0.1, 0.15) is 39.5 Å². The third-order valence-electron chi connectivity index (χ3n) is 3.58. The molecule has 102 valence electrons. The Morgan fingerprint density at radius 2 is 1.94 bits per heavy atom. The molecule has 1 aliphatic heterocycles. The number of aliphatic hydroxyl groups excluding tert-OH is 1. The van der Waals surface area contributed by atoms with Gasteiger partial charge in [-0.3, -0.25) is 0 Å². The van der Waals surface area contributed by atoms with Gasteiger partial charge in [-0.15, -0.1) is 0 Å². The Labute approximate surface area is 107 Å². The zero-order valence-corrected chi connectivity index (χ0v) is 11.6. The molecule has 0 saturated carbocycles. The van der Waals surface area contributed by atoms with Gasteiger partial charge in [0.2, 0.25) is 0 Å². The lowest BCUT2D eigenvalue weighted by Gasteiger charge is -2.32. The maximum atomic E-state index is 8.75. The number of unbranched alkanes of at least 4 members (excludes halogenated alkanes) is 1. The number of rotatable bonds is 8. The Balaban J connectivity index is 2.01. The predicted molar refractivity (Wildman–Crippen MR) is 73.2 cm³/mol. The van der Waals surface area contributed by atoms with Crippen molar-refractivity contribution in [3.05, 3.63) is 0 Å². The average molecular weight is 242 g/mol. The van der Waals surface area contributed by atoms with E-state index in [1.807, 2.05) is 0 Å². The number of hydrogen-bond acceptors (Lipinski definition) is 3. The van der Waals surface area contributed by atoms with Crippen molar-refractivity contribution in [2.45, 2.75) is 39.5 Å². The molecule has 0 aromatic carbocycles. The summed E-state index contributed by atoms with van der Waals surface area (Å²) in [7, 11) is 0. The number of likely N-dealkylation sites (tertiary alicyclic amines) is 1. The average Bonchev–Trinajstić information content (AvgIpc) is 2.31. The fraction of sp³-hybridized carbons (Fsp3) is 1.00. The number of nitrogens with zero attached hydrogens (tertiary/aromatic N) is 1. The first kappa shape index (κ1) is 14.9. The molecule has 0 unspecified atom stereocenters. The molecule has 3 nitrogen and oxygen atoms in total. The summed E-state index contributed by atoms with van der Waals surface area (Å²) in [5.74, 6) is 1.64. The Morgan fingerprint density at radius 1 is 1.24 bits per heavy atom. The van der Waals surface area contributed by atoms with E-state index in [0.717, 1.165) is 31.2 Å². The zero-order chi connectivity index (χ0) is 12.5. The van der Waals surface area contributed by atoms with Crippen LogP contribution in [-0.4, -0.2) is 49.3 Å². The third-order valence-corrected chi connectivity index (χ3v) is 3.58. The highest BCUT2D eigenvalue weighted by Crippen LogP contribution is 2.16. The van der Waals surface area contributed by atoms with Crippen molar-refractivity contribution < 1.29 is 5.11 Å². The summed E-state index contributed by atoms with van der Waals surface area (Å²) in [4.78, 5) is 2.55. The molecular formula is C14H30N2O. The molecule has 1 aliphatic rings. The van der Waals surface area contributed by atoms with Crippen LogP contribution in [0.4, 0.5) is 0 Å². The van der Waals surface area contributed by atoms with Crippen molar-refractivity contribution in [3.63, 3.8) is 0 Å². The molecule has 1 saturated heterocycles. The molecule has 1 heterocycles. The van der Waals surface area contributed by atoms with Crippen LogP contribution in [0, 0.1) is 11.8 Å². The van der Waals surface area contributed by atoms with Crippen LogP contribution in [-0.2, 0) is 0 Å². The second kappa shape index (κ2) is 8.90. The lowest BCUT2D eigenvalue weighted by Crippen LogP contribution is -2.38. The summed E-state index contributed by atoms with van der Waals surface area (Å²) >= 11 is 0. The van der Waals surface area contributed by atoms with Crippen molar-refractivity contribution >= 4 is 0 Å². The summed E-state index contributed by atoms with van der Waals surface area (Å²) in [5.41, 5.74) is 0. The highest BCUT2D eigenvalue weighted by molar-refractivity contribution is 4.74. The summed E-state index contributed by atoms with van der Waals surface area (Å²) in [6.45, 7) is 10.9. The number of nitrogens with one attached hydrogen (secondary N) is 1. The van der Waals surface area contributed by atoms with Crippen LogP contribution in [0.3, 0.4) is 0 Å². The summed E-state index contributed by atoms with van der Waals surface area (Å²) < 4.78 is 0. The van der Waals surface area contributed by atoms with Crippen LogP contribution in [0.15, 0.2) is 0 Å². The van der Waals surface area contributed by atoms with Gasteiger partial charge in [-0.25, -0.2) is 0 Å². The van der Waals surface area contributed by atoms with E-state index in [9.17, 15) is 0 Å². The number of piperidine rings is 1. The molecule has 0 radical (unpaired) electrons. The van der Waals surface area contributed by atoms with E-state index in [1.54, 1.807) is 0 Å². The molecule has 2 N–H and O–H groups in total. The van der Waals surface area contributed by atoms with Gasteiger partial charge in [0.15, 0.2) is 0 Å². The molecule has 0 atom stereocenters. The van der Waals surface area contributed by atoms with E-state index in [0.29, 0.717) is 6.61 Å². The van der Waals surface area contributed by atoms with Crippen molar-refractivity contribution in [1.29, 1.82) is 0 Å². The number of aliphatic hydroxyl groups is 1. The van der Waals surface area contributed by atoms with Crippen molar-refractivity contribution in [2.75, 3.05) is 39.3 Å². The molecular weight excluding hydrogens is 212 g/mol. The van der Waals surface area contributed by atoms with E-state index in [-0.39, 0.29) is 0 Å². The van der Waals surface area contributed by atoms with Crippen LogP contribution >= 0.6 is 0 Å². The van der Waals surface area contributed by atoms with Gasteiger partial charge in [-0.05, 0) is 70.2 Å². The van der Waals surface area contributed by atoms with Gasteiger partial charge in [0, 0.05) is 6.61 Å². The standard InChI is InChI=1S/C14H30N2O/c1-13(2)11-15-12-14-5-8-16(9-6-14)7-3-4-10-17/h13-15,17H,3-12H2,1-2H3. The van der Waals surface area contributed by atoms with Gasteiger partial charge in [0.05, 0.1) is 0 Å². The van der Waals surface area contributed by atoms with Gasteiger partial charge in [0.1, 0.15) is 0 Å². The molecule has 1 fully saturated rings. The first-order chi connectivity index (χ1) is 8.22. The van der Waals surface area contributed by atoms with Crippen LogP contribution in [0.2, 0.25) is 0 Å². The van der Waals surface area contributed by atoms with E-state index in [1.165, 1.54) is 39.0 Å². The summed E-state index contributed by atoms with van der Waals surface area (Å²) in [6, 6.07) is 0. The van der Waals surface area contributed by atoms with E-state index in [2.05, 4.69) is 24.1 Å². The highest BCUT2D eigenvalue weighted by atomic mass is 16.2. The summed E-state index contributed by atoms with van der Waals surface area (Å²) in [5, 5.41) is 12.3. The van der Waals surface area contributed by atoms with Gasteiger partial charge in [-0.1, -0.05) is 13.8 Å². The number of hydrogen-bond donors (Lipinski definition) is 2. The summed E-state index contributed by atoms with van der Waals surface area (Å²) in [6.07, 6.45) is 4.77. The van der Waals surface area contributed by atoms with Gasteiger partial charge < -0.3 is 15.3 Å². The topological polar surface area (TPSA) is 35.5 Å². The van der Waals surface area contributed by atoms with Crippen LogP contribution in [0.25, 0.3) is 0 Å². The zero-order valence-electron chi connectivity index (χ0n) is 11.6. The van der Waals surface area contributed by atoms with Crippen molar-refractivity contribution in [2.24, 2.45) is 11.8 Å². The van der Waals surface area contributed by atoms with E-state index >= 15 is 0 Å². The molecule has 17 heavy (non-hydrogen) atoms. The van der Waals surface area contributed by atoms with Crippen LogP contribution in [0.5, 0.6) is 0 Å². The second-order valence-electron chi connectivity index (χ2n) is 5.77. The molecule has 0 amide bonds. The minimum atomic E-state index is 0.343. The first-order valence-electron chi connectivity index (χ1n) is 7.26. The second-order valence-corrected chi connectivity index (χ2v) is 5.77. The van der Waals surface area contributed by atoms with Gasteiger partial charge in [-0.2, -0.15) is 0 Å². The molecule has 0 aliphatic carbocycles. The van der Waals surface area contributed by atoms with Gasteiger partial charge >= 0.3 is 0 Å². The Kier molecular flexibility index (Phi) is 7.82. The normalized spacial score (nSPS) is 19.1. The third kappa shape index (κ3) is 7.02. The minimum absolute atomic E-state index is 0.343. The van der Waals surface area contributed by atoms with Crippen LogP contribution < -0.4 is 5.32 Å². The van der Waals surface area contributed by atoms with E-state index in [4.69, 9.17) is 5.11 Å². The Hall–Kier alpha value is -0.120. The fourth-order valence-corrected chi connectivity index (χ4v) is 2.44. The highest BCUT2D eigenvalue weighted by Gasteiger charge is 2.18. The molecule has 0 aromatic heterocycles. The lowest BCUT2D eigenvalue weighted by molar-refractivity contribution is 0.174. The maximum Gasteiger partial charge on any atom is 0.0431 e. The Morgan fingerprint density at radius 3 is 2.53 bits per heavy atom. The SMILES string of the molecule is CC(C)CNCC1CCN(CCCCO)CC1. The monoisotopic (exact) mass is 242 g/mol. The lowest BCUT2D eigenvalue weighted by atomic mass is 9.96. The molecule has 0 bridgehead atoms. The quantitative estimate of drug-likeness (QED) is 0.636. The Bertz CT molecular complexity index is 177.